The number of nitrogens with zero attached hydrogens (tertiary/aromatic N) is 3. The molecular weight excluding hydrogens is 364 g/mol. The highest BCUT2D eigenvalue weighted by molar-refractivity contribution is 6.08. The number of anilines is 2. The Morgan fingerprint density at radius 3 is 2.45 bits per heavy atom. The molecule has 6 heteroatoms. The fourth-order valence-electron chi connectivity index (χ4n) is 3.76. The van der Waals surface area contributed by atoms with Crippen LogP contribution in [0.4, 0.5) is 11.4 Å². The van der Waals surface area contributed by atoms with E-state index < -0.39 is 0 Å². The van der Waals surface area contributed by atoms with Crippen LogP contribution in [0.2, 0.25) is 0 Å². The van der Waals surface area contributed by atoms with Crippen molar-refractivity contribution in [2.75, 3.05) is 43.4 Å². The van der Waals surface area contributed by atoms with E-state index in [0.29, 0.717) is 17.0 Å². The Morgan fingerprint density at radius 1 is 1.03 bits per heavy atom. The molecule has 6 nitrogen and oxygen atoms in total. The number of carbonyl (C=O) groups is 1. The van der Waals surface area contributed by atoms with Crippen LogP contribution in [-0.4, -0.2) is 49.2 Å². The summed E-state index contributed by atoms with van der Waals surface area (Å²) in [7, 11) is 2.15. The van der Waals surface area contributed by atoms with Crippen molar-refractivity contribution in [1.82, 2.24) is 10.1 Å². The Hall–Kier alpha value is -3.12. The summed E-state index contributed by atoms with van der Waals surface area (Å²) in [5.74, 6) is 0.293. The van der Waals surface area contributed by atoms with Crippen LogP contribution < -0.4 is 10.2 Å². The third-order valence-electron chi connectivity index (χ3n) is 5.44. The average Bonchev–Trinajstić information content (AvgIpc) is 3.11. The van der Waals surface area contributed by atoms with E-state index in [0.717, 1.165) is 43.0 Å². The number of aryl methyl sites for hydroxylation is 2. The Labute approximate surface area is 171 Å². The van der Waals surface area contributed by atoms with Crippen molar-refractivity contribution in [1.29, 1.82) is 0 Å². The number of amides is 1. The van der Waals surface area contributed by atoms with Gasteiger partial charge >= 0.3 is 0 Å². The first-order valence-electron chi connectivity index (χ1n) is 9.90. The van der Waals surface area contributed by atoms with Gasteiger partial charge in [0, 0.05) is 43.1 Å². The number of nitrogens with one attached hydrogen (secondary N) is 1. The van der Waals surface area contributed by atoms with E-state index in [2.05, 4.69) is 40.3 Å². The van der Waals surface area contributed by atoms with Gasteiger partial charge in [0.25, 0.3) is 5.91 Å². The third-order valence-corrected chi connectivity index (χ3v) is 5.44. The van der Waals surface area contributed by atoms with Gasteiger partial charge in [0.15, 0.2) is 0 Å². The van der Waals surface area contributed by atoms with Gasteiger partial charge in [-0.05, 0) is 44.7 Å². The summed E-state index contributed by atoms with van der Waals surface area (Å²) in [5, 5.41) is 7.11. The van der Waals surface area contributed by atoms with Gasteiger partial charge in [0.05, 0.1) is 0 Å². The van der Waals surface area contributed by atoms with Crippen molar-refractivity contribution in [2.45, 2.75) is 13.8 Å². The topological polar surface area (TPSA) is 61.6 Å². The molecular formula is C23H26N4O2. The maximum Gasteiger partial charge on any atom is 0.261 e. The lowest BCUT2D eigenvalue weighted by atomic mass is 10.1. The minimum absolute atomic E-state index is 0.214. The summed E-state index contributed by atoms with van der Waals surface area (Å²) in [6.45, 7) is 8.01. The molecule has 1 amide bonds. The highest BCUT2D eigenvalue weighted by atomic mass is 16.5. The van der Waals surface area contributed by atoms with Gasteiger partial charge in [-0.2, -0.15) is 0 Å². The molecule has 0 saturated carbocycles. The van der Waals surface area contributed by atoms with Crippen molar-refractivity contribution >= 4 is 17.3 Å². The molecule has 0 spiro atoms. The summed E-state index contributed by atoms with van der Waals surface area (Å²) in [5.41, 5.74) is 5.03. The van der Waals surface area contributed by atoms with Gasteiger partial charge in [-0.1, -0.05) is 35.5 Å². The van der Waals surface area contributed by atoms with Crippen LogP contribution >= 0.6 is 0 Å². The van der Waals surface area contributed by atoms with Gasteiger partial charge in [-0.15, -0.1) is 0 Å². The lowest BCUT2D eigenvalue weighted by Gasteiger charge is -2.35. The van der Waals surface area contributed by atoms with Crippen LogP contribution in [0.1, 0.15) is 21.7 Å². The number of hydrogen-bond donors (Lipinski definition) is 1. The summed E-state index contributed by atoms with van der Waals surface area (Å²) < 4.78 is 5.32. The normalized spacial score (nSPS) is 14.8. The van der Waals surface area contributed by atoms with E-state index in [-0.39, 0.29) is 5.91 Å². The number of hydrogen-bond acceptors (Lipinski definition) is 5. The molecule has 2 aromatic carbocycles. The minimum atomic E-state index is -0.214. The maximum atomic E-state index is 13.0. The van der Waals surface area contributed by atoms with E-state index in [1.807, 2.05) is 42.5 Å². The zero-order valence-corrected chi connectivity index (χ0v) is 17.1. The van der Waals surface area contributed by atoms with E-state index >= 15 is 0 Å². The van der Waals surface area contributed by atoms with Gasteiger partial charge < -0.3 is 19.6 Å². The Kier molecular flexibility index (Phi) is 5.36. The molecule has 1 fully saturated rings. The van der Waals surface area contributed by atoms with E-state index in [1.165, 1.54) is 5.69 Å². The van der Waals surface area contributed by atoms with Crippen molar-refractivity contribution < 1.29 is 9.32 Å². The van der Waals surface area contributed by atoms with Gasteiger partial charge in [-0.3, -0.25) is 4.79 Å². The Morgan fingerprint density at radius 2 is 1.76 bits per heavy atom. The lowest BCUT2D eigenvalue weighted by molar-refractivity contribution is 0.102. The molecule has 0 bridgehead atoms. The second-order valence-electron chi connectivity index (χ2n) is 7.57. The molecule has 1 aliphatic heterocycles. The lowest BCUT2D eigenvalue weighted by Crippen LogP contribution is -2.44. The third kappa shape index (κ3) is 4.03. The molecule has 3 aromatic rings. The fraction of sp³-hybridized carbons (Fsp3) is 0.304. The molecule has 150 valence electrons. The quantitative estimate of drug-likeness (QED) is 0.731. The van der Waals surface area contributed by atoms with Crippen LogP contribution in [-0.2, 0) is 0 Å². The summed E-state index contributed by atoms with van der Waals surface area (Å²) in [6, 6.07) is 15.7. The van der Waals surface area contributed by atoms with Crippen molar-refractivity contribution in [2.24, 2.45) is 0 Å². The SMILES string of the molecule is Cc1cc(NC(=O)c2c(-c3ccccc3)noc2C)ccc1N1CCN(C)CC1. The molecule has 1 N–H and O–H groups in total. The fourth-order valence-corrected chi connectivity index (χ4v) is 3.76. The molecule has 0 atom stereocenters. The number of piperazine rings is 1. The van der Waals surface area contributed by atoms with Crippen LogP contribution in [0.25, 0.3) is 11.3 Å². The summed E-state index contributed by atoms with van der Waals surface area (Å²) in [4.78, 5) is 17.7. The zero-order valence-electron chi connectivity index (χ0n) is 17.1. The van der Waals surface area contributed by atoms with Gasteiger partial charge in [0.1, 0.15) is 17.0 Å². The second kappa shape index (κ2) is 8.09. The van der Waals surface area contributed by atoms with E-state index in [9.17, 15) is 4.79 Å². The first-order chi connectivity index (χ1) is 14.0. The minimum Gasteiger partial charge on any atom is -0.369 e. The first-order valence-corrected chi connectivity index (χ1v) is 9.90. The zero-order chi connectivity index (χ0) is 20.4. The number of rotatable bonds is 4. The van der Waals surface area contributed by atoms with Crippen LogP contribution in [0.5, 0.6) is 0 Å². The highest BCUT2D eigenvalue weighted by Crippen LogP contribution is 2.28. The molecule has 0 radical (unpaired) electrons. The predicted octanol–water partition coefficient (Wildman–Crippen LogP) is 3.96. The van der Waals surface area contributed by atoms with Crippen LogP contribution in [0.15, 0.2) is 53.1 Å². The Bertz CT molecular complexity index is 1000. The molecule has 1 aromatic heterocycles. The smallest absolute Gasteiger partial charge is 0.261 e. The predicted molar refractivity (Wildman–Crippen MR) is 116 cm³/mol. The number of benzene rings is 2. The van der Waals surface area contributed by atoms with E-state index in [1.54, 1.807) is 6.92 Å². The Balaban J connectivity index is 1.54. The average molecular weight is 390 g/mol. The van der Waals surface area contributed by atoms with Crippen molar-refractivity contribution in [3.8, 4) is 11.3 Å². The largest absolute Gasteiger partial charge is 0.369 e. The number of aromatic nitrogens is 1. The maximum absolute atomic E-state index is 13.0. The molecule has 29 heavy (non-hydrogen) atoms. The van der Waals surface area contributed by atoms with E-state index in [4.69, 9.17) is 4.52 Å². The van der Waals surface area contributed by atoms with Crippen molar-refractivity contribution in [3.05, 3.63) is 65.4 Å². The molecule has 4 rings (SSSR count). The molecule has 0 aliphatic carbocycles. The summed E-state index contributed by atoms with van der Waals surface area (Å²) in [6.07, 6.45) is 0. The van der Waals surface area contributed by atoms with Crippen molar-refractivity contribution in [3.63, 3.8) is 0 Å². The number of likely N-dealkylation sites (N-methyl/N-ethyl adjacent to an activating group) is 1. The molecule has 1 aliphatic rings. The monoisotopic (exact) mass is 390 g/mol. The first kappa shape index (κ1) is 19.2. The van der Waals surface area contributed by atoms with Crippen LogP contribution in [0, 0.1) is 13.8 Å². The highest BCUT2D eigenvalue weighted by Gasteiger charge is 2.22. The molecule has 1 saturated heterocycles. The van der Waals surface area contributed by atoms with Crippen LogP contribution in [0.3, 0.4) is 0 Å². The molecule has 0 unspecified atom stereocenters. The molecule has 2 heterocycles. The standard InChI is InChI=1S/C23H26N4O2/c1-16-15-19(9-10-20(16)27-13-11-26(3)12-14-27)24-23(28)21-17(2)29-25-22(21)18-7-5-4-6-8-18/h4-10,15H,11-14H2,1-3H3,(H,24,28). The summed E-state index contributed by atoms with van der Waals surface area (Å²) >= 11 is 0. The van der Waals surface area contributed by atoms with Gasteiger partial charge in [-0.25, -0.2) is 0 Å². The van der Waals surface area contributed by atoms with Gasteiger partial charge in [0.2, 0.25) is 0 Å². The second-order valence-corrected chi connectivity index (χ2v) is 7.57. The number of carbonyl (C=O) groups excluding carboxylic acids is 1.